The van der Waals surface area contributed by atoms with Crippen LogP contribution in [0.1, 0.15) is 98.8 Å². The molecule has 0 aliphatic heterocycles. The number of hydrogen-bond donors (Lipinski definition) is 5. The summed E-state index contributed by atoms with van der Waals surface area (Å²) in [5, 5.41) is 16.6. The second kappa shape index (κ2) is 20.3. The van der Waals surface area contributed by atoms with Crippen molar-refractivity contribution in [2.75, 3.05) is 20.2 Å². The molecule has 5 rings (SSSR count). The molecule has 50 heavy (non-hydrogen) atoms. The van der Waals surface area contributed by atoms with Crippen LogP contribution in [0, 0.1) is 11.8 Å². The first-order valence-corrected chi connectivity index (χ1v) is 16.9. The molecule has 2 aromatic carbocycles. The van der Waals surface area contributed by atoms with Crippen LogP contribution in [0.5, 0.6) is 0 Å². The van der Waals surface area contributed by atoms with Crippen molar-refractivity contribution in [3.05, 3.63) is 76.5 Å². The zero-order chi connectivity index (χ0) is 37.3. The van der Waals surface area contributed by atoms with E-state index >= 15 is 0 Å². The van der Waals surface area contributed by atoms with E-state index in [1.807, 2.05) is 26.8 Å². The highest BCUT2D eigenvalue weighted by atomic mass is 19.4. The first kappa shape index (κ1) is 41.7. The number of aliphatic hydroxyl groups excluding tert-OH is 1. The average Bonchev–Trinajstić information content (AvgIpc) is 3.97. The van der Waals surface area contributed by atoms with Crippen LogP contribution in [0.15, 0.2) is 53.7 Å². The zero-order valence-electron chi connectivity index (χ0n) is 29.5. The van der Waals surface area contributed by atoms with Crippen molar-refractivity contribution in [2.45, 2.75) is 96.4 Å². The molecule has 0 radical (unpaired) electrons. The Morgan fingerprint density at radius 1 is 1.08 bits per heavy atom. The van der Waals surface area contributed by atoms with Crippen LogP contribution in [0.2, 0.25) is 0 Å². The largest absolute Gasteiger partial charge is 0.416 e. The summed E-state index contributed by atoms with van der Waals surface area (Å²) in [7, 11) is 1.80. The fourth-order valence-corrected chi connectivity index (χ4v) is 4.34. The first-order chi connectivity index (χ1) is 23.8. The molecule has 2 aromatic rings. The fourth-order valence-electron chi connectivity index (χ4n) is 4.34. The van der Waals surface area contributed by atoms with Gasteiger partial charge in [0.05, 0.1) is 18.2 Å². The van der Waals surface area contributed by atoms with E-state index in [2.05, 4.69) is 32.8 Å². The Hall–Kier alpha value is -4.47. The number of nitrogens with one attached hydrogen (secondary N) is 3. The van der Waals surface area contributed by atoms with Crippen molar-refractivity contribution in [2.24, 2.45) is 10.7 Å². The number of nitrogens with two attached hydrogens (primary N) is 1. The molecule has 9 nitrogen and oxygen atoms in total. The molecule has 0 spiro atoms. The number of alkyl halides is 3. The molecular formula is C38H50F3N5O4. The van der Waals surface area contributed by atoms with E-state index in [0.717, 1.165) is 55.7 Å². The van der Waals surface area contributed by atoms with Crippen molar-refractivity contribution < 1.29 is 32.7 Å². The number of carbonyl (C=O) groups excluding carboxylic acids is 3. The van der Waals surface area contributed by atoms with Crippen LogP contribution in [0.25, 0.3) is 5.57 Å². The molecule has 0 saturated heterocycles. The van der Waals surface area contributed by atoms with E-state index in [1.165, 1.54) is 19.2 Å². The Bertz CT molecular complexity index is 1540. The number of nitrogens with zero attached hydrogens (tertiary/aromatic N) is 1. The lowest BCUT2D eigenvalue weighted by atomic mass is 9.92. The van der Waals surface area contributed by atoms with Crippen LogP contribution in [-0.2, 0) is 27.7 Å². The average molecular weight is 698 g/mol. The second-order valence-corrected chi connectivity index (χ2v) is 12.2. The highest BCUT2D eigenvalue weighted by Crippen LogP contribution is 2.49. The van der Waals surface area contributed by atoms with Crippen LogP contribution < -0.4 is 21.7 Å². The van der Waals surface area contributed by atoms with Crippen molar-refractivity contribution in [1.29, 1.82) is 0 Å². The van der Waals surface area contributed by atoms with E-state index < -0.39 is 24.3 Å². The number of hydrogen-bond acceptors (Lipinski definition) is 7. The number of aliphatic hydroxyl groups is 1. The first-order valence-electron chi connectivity index (χ1n) is 16.9. The minimum absolute atomic E-state index is 0.0381. The van der Waals surface area contributed by atoms with Gasteiger partial charge in [0.15, 0.2) is 5.78 Å². The lowest BCUT2D eigenvalue weighted by Gasteiger charge is -2.16. The molecule has 0 heterocycles. The van der Waals surface area contributed by atoms with E-state index in [4.69, 9.17) is 10.8 Å². The Morgan fingerprint density at radius 3 is 2.26 bits per heavy atom. The van der Waals surface area contributed by atoms with Crippen LogP contribution in [0.3, 0.4) is 0 Å². The van der Waals surface area contributed by atoms with E-state index in [-0.39, 0.29) is 23.7 Å². The van der Waals surface area contributed by atoms with Gasteiger partial charge in [0, 0.05) is 36.1 Å². The maximum Gasteiger partial charge on any atom is 0.416 e. The normalized spacial score (nSPS) is 15.7. The molecule has 0 bridgehead atoms. The summed E-state index contributed by atoms with van der Waals surface area (Å²) in [4.78, 5) is 37.2. The van der Waals surface area contributed by atoms with Crippen molar-refractivity contribution >= 4 is 29.4 Å². The highest BCUT2D eigenvalue weighted by Gasteiger charge is 2.41. The number of benzene rings is 2. The maximum absolute atomic E-state index is 13.2. The summed E-state index contributed by atoms with van der Waals surface area (Å²) in [6.07, 6.45) is 4.73. The number of halogens is 3. The lowest BCUT2D eigenvalue weighted by molar-refractivity contribution is -0.137. The smallest absolute Gasteiger partial charge is 0.404 e. The molecule has 0 aromatic heterocycles. The van der Waals surface area contributed by atoms with Crippen LogP contribution in [-0.4, -0.2) is 61.2 Å². The van der Waals surface area contributed by atoms with Gasteiger partial charge in [-0.3, -0.25) is 19.4 Å². The minimum Gasteiger partial charge on any atom is -0.404 e. The topological polar surface area (TPSA) is 146 Å². The predicted octanol–water partition coefficient (Wildman–Crippen LogP) is 5.30. The van der Waals surface area contributed by atoms with Crippen molar-refractivity contribution in [1.82, 2.24) is 16.0 Å². The molecule has 12 heteroatoms. The summed E-state index contributed by atoms with van der Waals surface area (Å²) in [6, 6.07) is 12.0. The molecular weight excluding hydrogens is 647 g/mol. The molecule has 2 amide bonds. The summed E-state index contributed by atoms with van der Waals surface area (Å²) in [5.74, 6) is 4.55. The quantitative estimate of drug-likeness (QED) is 0.129. The maximum atomic E-state index is 13.2. The summed E-state index contributed by atoms with van der Waals surface area (Å²) in [6.45, 7) is 7.76. The molecule has 3 aliphatic rings. The van der Waals surface area contributed by atoms with E-state index in [1.54, 1.807) is 37.5 Å². The molecule has 272 valence electrons. The van der Waals surface area contributed by atoms with Crippen LogP contribution in [0.4, 0.5) is 13.2 Å². The Labute approximate surface area is 293 Å². The second-order valence-electron chi connectivity index (χ2n) is 12.2. The van der Waals surface area contributed by atoms with Gasteiger partial charge >= 0.3 is 6.18 Å². The minimum atomic E-state index is -4.36. The third-order valence-electron chi connectivity index (χ3n) is 7.84. The molecule has 3 saturated carbocycles. The van der Waals surface area contributed by atoms with Gasteiger partial charge in [-0.2, -0.15) is 13.2 Å². The molecule has 0 unspecified atom stereocenters. The van der Waals surface area contributed by atoms with Gasteiger partial charge in [-0.25, -0.2) is 0 Å². The number of amides is 2. The summed E-state index contributed by atoms with van der Waals surface area (Å²) >= 11 is 0. The Morgan fingerprint density at radius 2 is 1.74 bits per heavy atom. The lowest BCUT2D eigenvalue weighted by Crippen LogP contribution is -2.26. The number of ketones is 1. The molecule has 6 N–H and O–H groups in total. The van der Waals surface area contributed by atoms with Gasteiger partial charge < -0.3 is 26.8 Å². The SMILES string of the molecule is CC.CC(=O)c1ccccc1CNC(=O)CO.CC1(c2cc(/C(C=NC3CC3)=C/N)cc(C(F)(F)F)c2)CC1.CNCC#CC(=O)NC1CC1. The van der Waals surface area contributed by atoms with Gasteiger partial charge in [0.25, 0.3) is 5.91 Å². The molecule has 0 atom stereocenters. The predicted molar refractivity (Wildman–Crippen MR) is 191 cm³/mol. The third kappa shape index (κ3) is 15.0. The van der Waals surface area contributed by atoms with Gasteiger partial charge in [-0.1, -0.05) is 57.0 Å². The highest BCUT2D eigenvalue weighted by molar-refractivity contribution is 6.09. The number of aliphatic imine (C=N–C) groups is 1. The van der Waals surface area contributed by atoms with E-state index in [9.17, 15) is 27.6 Å². The van der Waals surface area contributed by atoms with Gasteiger partial charge in [-0.15, -0.1) is 0 Å². The Kier molecular flexibility index (Phi) is 16.9. The number of Topliss-reactive ketones (excluding diaryl/α,β-unsaturated/α-hetero) is 1. The van der Waals surface area contributed by atoms with Crippen molar-refractivity contribution in [3.63, 3.8) is 0 Å². The van der Waals surface area contributed by atoms with Gasteiger partial charge in [0.1, 0.15) is 6.61 Å². The van der Waals surface area contributed by atoms with Crippen molar-refractivity contribution in [3.8, 4) is 11.8 Å². The van der Waals surface area contributed by atoms with Crippen LogP contribution >= 0.6 is 0 Å². The molecule has 3 fully saturated rings. The number of carbonyl (C=O) groups is 3. The van der Waals surface area contributed by atoms with Gasteiger partial charge in [0.2, 0.25) is 5.91 Å². The standard InChI is InChI=1S/C17H19F3N2.C11H13NO3.C8H12N2O.C2H6/c1-16(4-5-16)13-6-11(7-14(8-13)17(18,19)20)12(9-21)10-22-15-2-3-15;1-8(14)10-5-3-2-4-9(10)6-12-11(15)7-13;1-9-6-2-3-8(11)10-7-4-5-7;1-2/h6-10,15H,2-5,21H2,1H3;2-5,13H,6-7H2,1H3,(H,12,15);7,9H,4-6H2,1H3,(H,10,11);1-2H3/b12-9+,22-10?;;;. The monoisotopic (exact) mass is 697 g/mol. The fraction of sp³-hybridized carbons (Fsp3) is 0.474. The zero-order valence-corrected chi connectivity index (χ0v) is 29.5. The Balaban J connectivity index is 0.000000270. The van der Waals surface area contributed by atoms with Gasteiger partial charge in [-0.05, 0) is 92.7 Å². The summed E-state index contributed by atoms with van der Waals surface area (Å²) < 4.78 is 39.5. The third-order valence-corrected chi connectivity index (χ3v) is 7.84. The molecule has 3 aliphatic carbocycles. The number of rotatable bonds is 10. The van der Waals surface area contributed by atoms with E-state index in [0.29, 0.717) is 35.3 Å². The summed E-state index contributed by atoms with van der Waals surface area (Å²) in [5.41, 5.74) is 7.97. The number of allylic oxidation sites excluding steroid dienone is 1.